The fraction of sp³-hybridized carbons (Fsp3) is 0.269. The molecule has 2 aromatic carbocycles. The second-order valence-corrected chi connectivity index (χ2v) is 11.9. The summed E-state index contributed by atoms with van der Waals surface area (Å²) in [4.78, 5) is 14.4. The number of thiophene rings is 2. The molecule has 6 nitrogen and oxygen atoms in total. The highest BCUT2D eigenvalue weighted by Gasteiger charge is 2.51. The van der Waals surface area contributed by atoms with E-state index in [9.17, 15) is 20.1 Å². The minimum Gasteiger partial charge on any atom is -0.489 e. The number of methoxy groups -OCH3 is 1. The van der Waals surface area contributed by atoms with E-state index in [0.717, 1.165) is 29.9 Å². The maximum absolute atomic E-state index is 12.7. The van der Waals surface area contributed by atoms with Crippen LogP contribution in [-0.2, 0) is 27.3 Å². The Bertz CT molecular complexity index is 1490. The average molecular weight is 565 g/mol. The predicted molar refractivity (Wildman–Crippen MR) is 143 cm³/mol. The van der Waals surface area contributed by atoms with Crippen LogP contribution < -0.4 is 0 Å². The van der Waals surface area contributed by atoms with Crippen molar-refractivity contribution >= 4 is 72.0 Å². The molecule has 0 spiro atoms. The molecule has 188 valence electrons. The number of esters is 1. The summed E-state index contributed by atoms with van der Waals surface area (Å²) in [6.45, 7) is 0.0683. The second kappa shape index (κ2) is 9.95. The second-order valence-electron chi connectivity index (χ2n) is 8.67. The van der Waals surface area contributed by atoms with Crippen LogP contribution in [0.25, 0.3) is 20.2 Å². The number of rotatable bonds is 6. The van der Waals surface area contributed by atoms with E-state index in [1.807, 2.05) is 36.4 Å². The van der Waals surface area contributed by atoms with Crippen LogP contribution in [0.4, 0.5) is 0 Å². The Morgan fingerprint density at radius 1 is 1.00 bits per heavy atom. The highest BCUT2D eigenvalue weighted by atomic mass is 35.5. The third kappa shape index (κ3) is 4.75. The van der Waals surface area contributed by atoms with E-state index in [1.54, 1.807) is 12.1 Å². The zero-order valence-electron chi connectivity index (χ0n) is 19.0. The van der Waals surface area contributed by atoms with Gasteiger partial charge in [0.2, 0.25) is 0 Å². The van der Waals surface area contributed by atoms with Crippen molar-refractivity contribution in [3.05, 3.63) is 79.7 Å². The molecule has 2 aromatic heterocycles. The summed E-state index contributed by atoms with van der Waals surface area (Å²) >= 11 is 15.2. The highest BCUT2D eigenvalue weighted by Crippen LogP contribution is 2.41. The lowest BCUT2D eigenvalue weighted by Crippen LogP contribution is -2.53. The zero-order valence-corrected chi connectivity index (χ0v) is 22.2. The largest absolute Gasteiger partial charge is 0.489 e. The van der Waals surface area contributed by atoms with Gasteiger partial charge in [-0.3, -0.25) is 0 Å². The van der Waals surface area contributed by atoms with Gasteiger partial charge in [0, 0.05) is 47.6 Å². The smallest absolute Gasteiger partial charge is 0.342 e. The fourth-order valence-corrected chi connectivity index (χ4v) is 7.08. The monoisotopic (exact) mass is 564 g/mol. The average Bonchev–Trinajstić information content (AvgIpc) is 3.43. The first kappa shape index (κ1) is 25.5. The van der Waals surface area contributed by atoms with E-state index < -0.39 is 30.2 Å². The van der Waals surface area contributed by atoms with Gasteiger partial charge in [0.1, 0.15) is 18.5 Å². The Morgan fingerprint density at radius 2 is 1.58 bits per heavy atom. The minimum absolute atomic E-state index is 0.0346. The number of carbonyl (C=O) groups is 1. The predicted octanol–water partition coefficient (Wildman–Crippen LogP) is 5.47. The first-order valence-corrected chi connectivity index (χ1v) is 13.5. The number of fused-ring (bicyclic) bond motifs is 2. The van der Waals surface area contributed by atoms with Gasteiger partial charge < -0.3 is 24.8 Å². The van der Waals surface area contributed by atoms with Gasteiger partial charge in [0.15, 0.2) is 5.60 Å². The lowest BCUT2D eigenvalue weighted by atomic mass is 9.77. The Labute approximate surface area is 224 Å². The summed E-state index contributed by atoms with van der Waals surface area (Å²) in [6.07, 6.45) is -3.14. The molecule has 4 aromatic rings. The number of halogens is 2. The molecule has 0 amide bonds. The van der Waals surface area contributed by atoms with Gasteiger partial charge in [-0.05, 0) is 47.2 Å². The van der Waals surface area contributed by atoms with Crippen molar-refractivity contribution in [2.24, 2.45) is 0 Å². The van der Waals surface area contributed by atoms with Gasteiger partial charge in [0.25, 0.3) is 0 Å². The van der Waals surface area contributed by atoms with Crippen LogP contribution in [0, 0.1) is 0 Å². The first-order valence-electron chi connectivity index (χ1n) is 11.1. The van der Waals surface area contributed by atoms with Gasteiger partial charge >= 0.3 is 5.97 Å². The Kier molecular flexibility index (Phi) is 7.04. The van der Waals surface area contributed by atoms with E-state index >= 15 is 0 Å². The highest BCUT2D eigenvalue weighted by molar-refractivity contribution is 7.19. The van der Waals surface area contributed by atoms with Crippen molar-refractivity contribution in [1.82, 2.24) is 0 Å². The third-order valence-electron chi connectivity index (χ3n) is 6.24. The molecule has 2 heterocycles. The summed E-state index contributed by atoms with van der Waals surface area (Å²) in [5.74, 6) is -0.960. The number of hydrogen-bond acceptors (Lipinski definition) is 8. The van der Waals surface area contributed by atoms with Crippen molar-refractivity contribution in [2.45, 2.75) is 37.3 Å². The molecule has 3 atom stereocenters. The molecule has 36 heavy (non-hydrogen) atoms. The molecule has 1 aliphatic rings. The fourth-order valence-electron chi connectivity index (χ4n) is 4.48. The van der Waals surface area contributed by atoms with Gasteiger partial charge in [-0.15, -0.1) is 22.7 Å². The molecule has 0 radical (unpaired) electrons. The van der Waals surface area contributed by atoms with E-state index in [2.05, 4.69) is 0 Å². The van der Waals surface area contributed by atoms with E-state index in [4.69, 9.17) is 32.7 Å². The molecular formula is C26H22Cl2O6S2. The quantitative estimate of drug-likeness (QED) is 0.269. The number of aliphatic hydroxyl groups excluding tert-OH is 2. The van der Waals surface area contributed by atoms with Crippen LogP contribution in [0.15, 0.2) is 59.9 Å². The SMILES string of the molecule is COC(=O)[C@@]1(O)C[C@@H](O)[C@H](O)C(OCc2cc3ccc(Cl)cc3s2)=C1Cc1cc2ccc(Cl)cc2s1. The molecular weight excluding hydrogens is 543 g/mol. The van der Waals surface area contributed by atoms with Crippen LogP contribution in [0.1, 0.15) is 16.2 Å². The van der Waals surface area contributed by atoms with Gasteiger partial charge in [0.05, 0.1) is 13.2 Å². The Hall–Kier alpha value is -2.17. The number of carbonyl (C=O) groups excluding carboxylic acids is 1. The van der Waals surface area contributed by atoms with Crippen molar-refractivity contribution in [2.75, 3.05) is 7.11 Å². The lowest BCUT2D eigenvalue weighted by molar-refractivity contribution is -0.166. The molecule has 0 aliphatic heterocycles. The molecule has 5 rings (SSSR count). The standard InChI is InChI=1S/C26H22Cl2O6S2/c1-33-25(31)26(32)11-20(29)23(30)24(34-12-18-7-14-3-5-16(28)9-22(14)36-18)19(26)10-17-6-13-2-4-15(27)8-21(13)35-17/h2-9,20,23,29-30,32H,10-12H2,1H3/t20-,23+,26-/m1/s1. The van der Waals surface area contributed by atoms with E-state index in [0.29, 0.717) is 10.0 Å². The van der Waals surface area contributed by atoms with Crippen molar-refractivity contribution < 1.29 is 29.6 Å². The number of aliphatic hydroxyl groups is 3. The summed E-state index contributed by atoms with van der Waals surface area (Å²) in [5.41, 5.74) is -2.00. The van der Waals surface area contributed by atoms with E-state index in [1.165, 1.54) is 29.8 Å². The molecule has 0 saturated carbocycles. The van der Waals surface area contributed by atoms with Gasteiger partial charge in [-0.1, -0.05) is 35.3 Å². The topological polar surface area (TPSA) is 96.2 Å². The van der Waals surface area contributed by atoms with Gasteiger partial charge in [-0.25, -0.2) is 4.79 Å². The molecule has 0 saturated heterocycles. The Morgan fingerprint density at radius 3 is 2.19 bits per heavy atom. The van der Waals surface area contributed by atoms with Crippen molar-refractivity contribution in [1.29, 1.82) is 0 Å². The summed E-state index contributed by atoms with van der Waals surface area (Å²) in [5, 5.41) is 36.1. The number of hydrogen-bond donors (Lipinski definition) is 3. The normalized spacial score (nSPS) is 22.4. The molecule has 10 heteroatoms. The summed E-state index contributed by atoms with van der Waals surface area (Å²) < 4.78 is 12.9. The molecule has 1 aliphatic carbocycles. The molecule has 3 N–H and O–H groups in total. The van der Waals surface area contributed by atoms with Crippen LogP contribution in [0.2, 0.25) is 10.0 Å². The third-order valence-corrected chi connectivity index (χ3v) is 8.88. The van der Waals surface area contributed by atoms with Gasteiger partial charge in [-0.2, -0.15) is 0 Å². The molecule has 0 unspecified atom stereocenters. The van der Waals surface area contributed by atoms with Crippen LogP contribution in [0.3, 0.4) is 0 Å². The van der Waals surface area contributed by atoms with Crippen LogP contribution in [0.5, 0.6) is 0 Å². The Balaban J connectivity index is 1.55. The lowest BCUT2D eigenvalue weighted by Gasteiger charge is -2.38. The zero-order chi connectivity index (χ0) is 25.6. The minimum atomic E-state index is -2.16. The first-order chi connectivity index (χ1) is 17.2. The number of ether oxygens (including phenoxy) is 2. The van der Waals surface area contributed by atoms with Crippen molar-refractivity contribution in [3.63, 3.8) is 0 Å². The van der Waals surface area contributed by atoms with E-state index in [-0.39, 0.29) is 24.4 Å². The molecule has 0 bridgehead atoms. The van der Waals surface area contributed by atoms with Crippen LogP contribution in [-0.4, -0.2) is 46.2 Å². The maximum atomic E-state index is 12.7. The van der Waals surface area contributed by atoms with Crippen molar-refractivity contribution in [3.8, 4) is 0 Å². The summed E-state index contributed by atoms with van der Waals surface area (Å²) in [7, 11) is 1.17. The molecule has 0 fully saturated rings. The van der Waals surface area contributed by atoms with Crippen LogP contribution >= 0.6 is 45.9 Å². The number of benzene rings is 2. The maximum Gasteiger partial charge on any atom is 0.342 e. The summed E-state index contributed by atoms with van der Waals surface area (Å²) in [6, 6.07) is 15.0.